The average molecular weight is 528 g/mol. The predicted octanol–water partition coefficient (Wildman–Crippen LogP) is 4.71. The fraction of sp³-hybridized carbons (Fsp3) is 0.240. The molecule has 0 unspecified atom stereocenters. The normalized spacial score (nSPS) is 11.6. The number of nitrogens with zero attached hydrogens (tertiary/aromatic N) is 3. The molecule has 2 heterocycles. The number of nitrogens with one attached hydrogen (secondary N) is 1. The Labute approximate surface area is 214 Å². The molecule has 3 N–H and O–H groups in total. The standard InChI is InChI=1S/C25H26ClN5O4S/c1-4-7-21-28-23(26)22(24(27)32)31(21)14-17-10-12-18(13-11-17)19-8-5-6-9-20(19)36(33,34)30-25-15(2)16(3)35-29-25/h5-6,8-13H,4,7,14H2,1-3H3,(H2,27,32)(H,29,30). The number of amides is 1. The molecule has 0 spiro atoms. The Morgan fingerprint density at radius 1 is 1.14 bits per heavy atom. The third-order valence-corrected chi connectivity index (χ3v) is 7.54. The number of carbonyl (C=O) groups excluding carboxylic acids is 1. The Balaban J connectivity index is 1.65. The first-order chi connectivity index (χ1) is 17.1. The van der Waals surface area contributed by atoms with E-state index in [0.29, 0.717) is 41.2 Å². The van der Waals surface area contributed by atoms with Crippen LogP contribution in [0, 0.1) is 13.8 Å². The van der Waals surface area contributed by atoms with Gasteiger partial charge in [-0.05, 0) is 37.5 Å². The monoisotopic (exact) mass is 527 g/mol. The zero-order chi connectivity index (χ0) is 26.0. The van der Waals surface area contributed by atoms with Crippen LogP contribution >= 0.6 is 11.6 Å². The van der Waals surface area contributed by atoms with Crippen molar-refractivity contribution in [2.45, 2.75) is 45.1 Å². The van der Waals surface area contributed by atoms with Crippen LogP contribution in [0.15, 0.2) is 57.9 Å². The highest BCUT2D eigenvalue weighted by molar-refractivity contribution is 7.92. The van der Waals surface area contributed by atoms with Crippen molar-refractivity contribution in [1.82, 2.24) is 14.7 Å². The quantitative estimate of drug-likeness (QED) is 0.324. The van der Waals surface area contributed by atoms with E-state index in [0.717, 1.165) is 12.0 Å². The number of imidazole rings is 1. The molecule has 1 amide bonds. The zero-order valence-corrected chi connectivity index (χ0v) is 21.7. The SMILES string of the molecule is CCCc1nc(Cl)c(C(N)=O)n1Cc1ccc(-c2ccccc2S(=O)(=O)Nc2noc(C)c2C)cc1. The summed E-state index contributed by atoms with van der Waals surface area (Å²) in [6.45, 7) is 5.80. The Bertz CT molecular complexity index is 1520. The van der Waals surface area contributed by atoms with Gasteiger partial charge in [-0.1, -0.05) is 66.1 Å². The molecule has 9 nitrogen and oxygen atoms in total. The van der Waals surface area contributed by atoms with Crippen LogP contribution in [0.5, 0.6) is 0 Å². The lowest BCUT2D eigenvalue weighted by Crippen LogP contribution is -2.19. The lowest BCUT2D eigenvalue weighted by molar-refractivity contribution is 0.0991. The zero-order valence-electron chi connectivity index (χ0n) is 20.1. The molecule has 0 bridgehead atoms. The Morgan fingerprint density at radius 3 is 2.44 bits per heavy atom. The van der Waals surface area contributed by atoms with Gasteiger partial charge in [0, 0.05) is 24.1 Å². The van der Waals surface area contributed by atoms with Gasteiger partial charge in [0.2, 0.25) is 0 Å². The van der Waals surface area contributed by atoms with Gasteiger partial charge >= 0.3 is 0 Å². The number of primary amides is 1. The van der Waals surface area contributed by atoms with E-state index in [9.17, 15) is 13.2 Å². The van der Waals surface area contributed by atoms with E-state index in [-0.39, 0.29) is 21.6 Å². The van der Waals surface area contributed by atoms with Gasteiger partial charge in [-0.2, -0.15) is 0 Å². The van der Waals surface area contributed by atoms with Gasteiger partial charge in [0.15, 0.2) is 11.0 Å². The molecule has 0 aliphatic heterocycles. The van der Waals surface area contributed by atoms with Gasteiger partial charge in [-0.3, -0.25) is 9.52 Å². The first kappa shape index (κ1) is 25.5. The van der Waals surface area contributed by atoms with Crippen molar-refractivity contribution < 1.29 is 17.7 Å². The van der Waals surface area contributed by atoms with Crippen molar-refractivity contribution >= 4 is 33.3 Å². The number of nitrogens with two attached hydrogens (primary N) is 1. The number of aromatic nitrogens is 3. The number of anilines is 1. The summed E-state index contributed by atoms with van der Waals surface area (Å²) in [7, 11) is -3.94. The molecule has 0 fully saturated rings. The summed E-state index contributed by atoms with van der Waals surface area (Å²) < 4.78 is 35.7. The Morgan fingerprint density at radius 2 is 1.83 bits per heavy atom. The molecule has 2 aromatic heterocycles. The van der Waals surface area contributed by atoms with Crippen molar-refractivity contribution in [3.63, 3.8) is 0 Å². The van der Waals surface area contributed by atoms with Crippen LogP contribution in [-0.4, -0.2) is 29.0 Å². The molecule has 11 heteroatoms. The second kappa shape index (κ2) is 10.2. The minimum Gasteiger partial charge on any atom is -0.364 e. The van der Waals surface area contributed by atoms with Gasteiger partial charge in [-0.15, -0.1) is 0 Å². The lowest BCUT2D eigenvalue weighted by atomic mass is 10.0. The number of hydrogen-bond donors (Lipinski definition) is 2. The van der Waals surface area contributed by atoms with Crippen LogP contribution in [0.1, 0.15) is 46.5 Å². The maximum absolute atomic E-state index is 13.2. The number of halogens is 1. The summed E-state index contributed by atoms with van der Waals surface area (Å²) in [5.41, 5.74) is 8.45. The van der Waals surface area contributed by atoms with Gasteiger partial charge in [0.05, 0.1) is 4.90 Å². The van der Waals surface area contributed by atoms with E-state index in [4.69, 9.17) is 21.9 Å². The Kier molecular flexibility index (Phi) is 7.18. The highest BCUT2D eigenvalue weighted by Gasteiger charge is 2.23. The van der Waals surface area contributed by atoms with Gasteiger partial charge in [-0.25, -0.2) is 13.4 Å². The van der Waals surface area contributed by atoms with Crippen molar-refractivity contribution in [3.05, 3.63) is 82.1 Å². The van der Waals surface area contributed by atoms with Crippen LogP contribution in [0.2, 0.25) is 5.15 Å². The number of aryl methyl sites for hydroxylation is 2. The summed E-state index contributed by atoms with van der Waals surface area (Å²) in [6, 6.07) is 14.1. The summed E-state index contributed by atoms with van der Waals surface area (Å²) in [5, 5.41) is 3.90. The molecule has 0 radical (unpaired) electrons. The smallest absolute Gasteiger partial charge is 0.268 e. The summed E-state index contributed by atoms with van der Waals surface area (Å²) >= 11 is 6.18. The summed E-state index contributed by atoms with van der Waals surface area (Å²) in [5.74, 6) is 0.735. The largest absolute Gasteiger partial charge is 0.364 e. The van der Waals surface area contributed by atoms with Crippen LogP contribution in [0.4, 0.5) is 5.82 Å². The van der Waals surface area contributed by atoms with Crippen LogP contribution in [0.25, 0.3) is 11.1 Å². The van der Waals surface area contributed by atoms with E-state index in [1.165, 1.54) is 6.07 Å². The van der Waals surface area contributed by atoms with E-state index >= 15 is 0 Å². The van der Waals surface area contributed by atoms with Crippen molar-refractivity contribution in [1.29, 1.82) is 0 Å². The summed E-state index contributed by atoms with van der Waals surface area (Å²) in [4.78, 5) is 16.4. The molecule has 0 aliphatic carbocycles. The topological polar surface area (TPSA) is 133 Å². The van der Waals surface area contributed by atoms with Crippen molar-refractivity contribution in [2.24, 2.45) is 5.73 Å². The molecular formula is C25H26ClN5O4S. The molecule has 0 saturated heterocycles. The third-order valence-electron chi connectivity index (χ3n) is 5.88. The predicted molar refractivity (Wildman–Crippen MR) is 138 cm³/mol. The van der Waals surface area contributed by atoms with E-state index in [1.807, 2.05) is 31.2 Å². The molecule has 0 atom stereocenters. The summed E-state index contributed by atoms with van der Waals surface area (Å²) in [6.07, 6.45) is 1.48. The molecule has 0 saturated carbocycles. The minimum atomic E-state index is -3.94. The van der Waals surface area contributed by atoms with E-state index in [1.54, 1.807) is 36.6 Å². The third kappa shape index (κ3) is 5.00. The van der Waals surface area contributed by atoms with Crippen molar-refractivity contribution in [3.8, 4) is 11.1 Å². The second-order valence-corrected chi connectivity index (χ2v) is 10.4. The first-order valence-corrected chi connectivity index (χ1v) is 13.2. The maximum atomic E-state index is 13.2. The molecule has 188 valence electrons. The molecule has 2 aromatic carbocycles. The van der Waals surface area contributed by atoms with Gasteiger partial charge in [0.1, 0.15) is 17.3 Å². The highest BCUT2D eigenvalue weighted by atomic mass is 35.5. The fourth-order valence-corrected chi connectivity index (χ4v) is 5.47. The second-order valence-electron chi connectivity index (χ2n) is 8.38. The number of sulfonamides is 1. The minimum absolute atomic E-state index is 0.0896. The van der Waals surface area contributed by atoms with Crippen LogP contribution in [0.3, 0.4) is 0 Å². The number of hydrogen-bond acceptors (Lipinski definition) is 6. The van der Waals surface area contributed by atoms with E-state index < -0.39 is 15.9 Å². The Hall–Kier alpha value is -3.63. The van der Waals surface area contributed by atoms with Gasteiger partial charge in [0.25, 0.3) is 15.9 Å². The van der Waals surface area contributed by atoms with E-state index in [2.05, 4.69) is 14.9 Å². The number of rotatable bonds is 9. The fourth-order valence-electron chi connectivity index (χ4n) is 3.89. The van der Waals surface area contributed by atoms with Gasteiger partial charge < -0.3 is 14.8 Å². The number of benzene rings is 2. The molecule has 36 heavy (non-hydrogen) atoms. The van der Waals surface area contributed by atoms with Crippen LogP contribution in [-0.2, 0) is 23.0 Å². The molecule has 4 rings (SSSR count). The first-order valence-electron chi connectivity index (χ1n) is 11.3. The molecule has 4 aromatic rings. The highest BCUT2D eigenvalue weighted by Crippen LogP contribution is 2.30. The van der Waals surface area contributed by atoms with Crippen molar-refractivity contribution in [2.75, 3.05) is 4.72 Å². The average Bonchev–Trinajstić information content (AvgIpc) is 3.32. The maximum Gasteiger partial charge on any atom is 0.268 e. The van der Waals surface area contributed by atoms with Crippen LogP contribution < -0.4 is 10.5 Å². The molecular weight excluding hydrogens is 502 g/mol. The number of carbonyl (C=O) groups is 1. The molecule has 0 aliphatic rings. The lowest BCUT2D eigenvalue weighted by Gasteiger charge is -2.13.